The zero-order chi connectivity index (χ0) is 12.2. The summed E-state index contributed by atoms with van der Waals surface area (Å²) in [5.74, 6) is 0.700. The zero-order valence-electron chi connectivity index (χ0n) is 11.3. The number of rotatable bonds is 4. The minimum Gasteiger partial charge on any atom is -0.319 e. The van der Waals surface area contributed by atoms with E-state index in [-0.39, 0.29) is 5.41 Å². The first-order chi connectivity index (χ1) is 7.43. The second kappa shape index (κ2) is 5.49. The Morgan fingerprint density at radius 1 is 1.12 bits per heavy atom. The van der Waals surface area contributed by atoms with Crippen LogP contribution in [0.2, 0.25) is 0 Å². The molecule has 0 saturated heterocycles. The Bertz CT molecular complexity index is 305. The van der Waals surface area contributed by atoms with Gasteiger partial charge in [-0.05, 0) is 42.5 Å². The monoisotopic (exact) mass is 219 g/mol. The van der Waals surface area contributed by atoms with Gasteiger partial charge in [-0.1, -0.05) is 52.0 Å². The molecule has 1 N–H and O–H groups in total. The molecule has 0 spiro atoms. The van der Waals surface area contributed by atoms with E-state index in [4.69, 9.17) is 0 Å². The molecule has 1 nitrogen and oxygen atoms in total. The Kier molecular flexibility index (Phi) is 4.55. The molecule has 1 rings (SSSR count). The van der Waals surface area contributed by atoms with Crippen molar-refractivity contribution in [3.63, 3.8) is 0 Å². The number of hydrogen-bond donors (Lipinski definition) is 1. The van der Waals surface area contributed by atoms with Gasteiger partial charge >= 0.3 is 0 Å². The molecule has 1 aromatic rings. The van der Waals surface area contributed by atoms with Crippen LogP contribution in [0.15, 0.2) is 24.3 Å². The Balaban J connectivity index is 2.65. The smallest absolute Gasteiger partial charge is 0.00230 e. The third-order valence-electron chi connectivity index (χ3n) is 2.96. The number of nitrogens with one attached hydrogen (secondary N) is 1. The Labute approximate surface area is 100 Å². The lowest BCUT2D eigenvalue weighted by molar-refractivity contribution is 0.541. The quantitative estimate of drug-likeness (QED) is 0.818. The zero-order valence-corrected chi connectivity index (χ0v) is 11.3. The van der Waals surface area contributed by atoms with Crippen molar-refractivity contribution >= 4 is 0 Å². The maximum Gasteiger partial charge on any atom is -0.00230 e. The molecular weight excluding hydrogens is 194 g/mol. The van der Waals surface area contributed by atoms with Gasteiger partial charge in [-0.2, -0.15) is 0 Å². The van der Waals surface area contributed by atoms with Crippen molar-refractivity contribution in [1.29, 1.82) is 0 Å². The molecule has 90 valence electrons. The van der Waals surface area contributed by atoms with Crippen LogP contribution in [0.1, 0.15) is 38.8 Å². The summed E-state index contributed by atoms with van der Waals surface area (Å²) in [5.41, 5.74) is 3.11. The Hall–Kier alpha value is -0.820. The molecule has 0 saturated carbocycles. The standard InChI is InChI=1S/C15H25N/c1-12(11-16-5)10-13-6-8-14(9-7-13)15(2,3)4/h6-9,12,16H,10-11H2,1-5H3. The third kappa shape index (κ3) is 3.97. The molecule has 1 aromatic carbocycles. The Morgan fingerprint density at radius 3 is 2.12 bits per heavy atom. The number of benzene rings is 1. The van der Waals surface area contributed by atoms with Gasteiger partial charge in [0, 0.05) is 0 Å². The fourth-order valence-corrected chi connectivity index (χ4v) is 1.96. The maximum atomic E-state index is 3.22. The van der Waals surface area contributed by atoms with Crippen LogP contribution >= 0.6 is 0 Å². The molecule has 1 heteroatoms. The summed E-state index contributed by atoms with van der Waals surface area (Å²) in [7, 11) is 2.01. The first-order valence-corrected chi connectivity index (χ1v) is 6.17. The van der Waals surface area contributed by atoms with E-state index >= 15 is 0 Å². The average Bonchev–Trinajstić information content (AvgIpc) is 2.17. The fraction of sp³-hybridized carbons (Fsp3) is 0.600. The summed E-state index contributed by atoms with van der Waals surface area (Å²) in [4.78, 5) is 0. The highest BCUT2D eigenvalue weighted by Gasteiger charge is 2.13. The minimum absolute atomic E-state index is 0.259. The van der Waals surface area contributed by atoms with Crippen LogP contribution in [-0.2, 0) is 11.8 Å². The van der Waals surface area contributed by atoms with Gasteiger partial charge in [-0.25, -0.2) is 0 Å². The van der Waals surface area contributed by atoms with E-state index in [2.05, 4.69) is 57.3 Å². The van der Waals surface area contributed by atoms with Crippen molar-refractivity contribution in [2.75, 3.05) is 13.6 Å². The molecule has 0 radical (unpaired) electrons. The molecule has 1 atom stereocenters. The van der Waals surface area contributed by atoms with Crippen LogP contribution in [0.5, 0.6) is 0 Å². The maximum absolute atomic E-state index is 3.22. The van der Waals surface area contributed by atoms with E-state index in [9.17, 15) is 0 Å². The van der Waals surface area contributed by atoms with Gasteiger partial charge in [-0.3, -0.25) is 0 Å². The highest BCUT2D eigenvalue weighted by atomic mass is 14.8. The van der Waals surface area contributed by atoms with Crippen LogP contribution in [0, 0.1) is 5.92 Å². The normalized spacial score (nSPS) is 13.8. The van der Waals surface area contributed by atoms with Gasteiger partial charge in [0.05, 0.1) is 0 Å². The van der Waals surface area contributed by atoms with Crippen LogP contribution in [0.4, 0.5) is 0 Å². The van der Waals surface area contributed by atoms with Gasteiger partial charge in [-0.15, -0.1) is 0 Å². The van der Waals surface area contributed by atoms with Gasteiger partial charge in [0.25, 0.3) is 0 Å². The minimum atomic E-state index is 0.259. The SMILES string of the molecule is CNCC(C)Cc1ccc(C(C)(C)C)cc1. The summed E-state index contributed by atoms with van der Waals surface area (Å²) in [6.45, 7) is 10.1. The summed E-state index contributed by atoms with van der Waals surface area (Å²) in [5, 5.41) is 3.22. The van der Waals surface area contributed by atoms with Crippen LogP contribution < -0.4 is 5.32 Å². The Morgan fingerprint density at radius 2 is 1.69 bits per heavy atom. The molecule has 16 heavy (non-hydrogen) atoms. The first-order valence-electron chi connectivity index (χ1n) is 6.17. The third-order valence-corrected chi connectivity index (χ3v) is 2.96. The molecule has 1 unspecified atom stereocenters. The van der Waals surface area contributed by atoms with Gasteiger partial charge in [0.15, 0.2) is 0 Å². The highest BCUT2D eigenvalue weighted by molar-refractivity contribution is 5.27. The topological polar surface area (TPSA) is 12.0 Å². The van der Waals surface area contributed by atoms with Crippen LogP contribution in [0.25, 0.3) is 0 Å². The highest BCUT2D eigenvalue weighted by Crippen LogP contribution is 2.22. The molecule has 0 heterocycles. The first kappa shape index (κ1) is 13.2. The van der Waals surface area contributed by atoms with Crippen molar-refractivity contribution in [3.05, 3.63) is 35.4 Å². The second-order valence-electron chi connectivity index (χ2n) is 5.81. The van der Waals surface area contributed by atoms with Crippen LogP contribution in [-0.4, -0.2) is 13.6 Å². The predicted molar refractivity (Wildman–Crippen MR) is 71.9 cm³/mol. The molecule has 0 amide bonds. The van der Waals surface area contributed by atoms with Crippen LogP contribution in [0.3, 0.4) is 0 Å². The number of hydrogen-bond acceptors (Lipinski definition) is 1. The van der Waals surface area contributed by atoms with Crippen molar-refractivity contribution in [1.82, 2.24) is 5.32 Å². The van der Waals surface area contributed by atoms with Gasteiger partial charge < -0.3 is 5.32 Å². The van der Waals surface area contributed by atoms with E-state index in [1.807, 2.05) is 7.05 Å². The van der Waals surface area contributed by atoms with Gasteiger partial charge in [0.1, 0.15) is 0 Å². The van der Waals surface area contributed by atoms with Crippen molar-refractivity contribution < 1.29 is 0 Å². The van der Waals surface area contributed by atoms with E-state index in [0.717, 1.165) is 13.0 Å². The fourth-order valence-electron chi connectivity index (χ4n) is 1.96. The lowest BCUT2D eigenvalue weighted by atomic mass is 9.86. The van der Waals surface area contributed by atoms with Crippen molar-refractivity contribution in [3.8, 4) is 0 Å². The molecule has 0 fully saturated rings. The average molecular weight is 219 g/mol. The molecule has 0 aromatic heterocycles. The second-order valence-corrected chi connectivity index (χ2v) is 5.81. The summed E-state index contributed by atoms with van der Waals surface area (Å²) in [6.07, 6.45) is 1.16. The largest absolute Gasteiger partial charge is 0.319 e. The summed E-state index contributed by atoms with van der Waals surface area (Å²) < 4.78 is 0. The van der Waals surface area contributed by atoms with E-state index in [1.165, 1.54) is 11.1 Å². The predicted octanol–water partition coefficient (Wildman–Crippen LogP) is 3.38. The molecular formula is C15H25N. The van der Waals surface area contributed by atoms with Crippen molar-refractivity contribution in [2.24, 2.45) is 5.92 Å². The summed E-state index contributed by atoms with van der Waals surface area (Å²) >= 11 is 0. The van der Waals surface area contributed by atoms with E-state index < -0.39 is 0 Å². The molecule has 0 aliphatic carbocycles. The molecule has 0 aliphatic rings. The van der Waals surface area contributed by atoms with Crippen molar-refractivity contribution in [2.45, 2.75) is 39.5 Å². The lowest BCUT2D eigenvalue weighted by Crippen LogP contribution is -2.18. The molecule has 0 bridgehead atoms. The van der Waals surface area contributed by atoms with E-state index in [1.54, 1.807) is 0 Å². The van der Waals surface area contributed by atoms with E-state index in [0.29, 0.717) is 5.92 Å². The summed E-state index contributed by atoms with van der Waals surface area (Å²) in [6, 6.07) is 9.07. The van der Waals surface area contributed by atoms with Gasteiger partial charge in [0.2, 0.25) is 0 Å². The lowest BCUT2D eigenvalue weighted by Gasteiger charge is -2.19. The molecule has 0 aliphatic heterocycles.